The van der Waals surface area contributed by atoms with E-state index in [1.807, 2.05) is 0 Å². The first-order chi connectivity index (χ1) is 16.2. The number of ether oxygens (including phenoxy) is 3. The topological polar surface area (TPSA) is 95.4 Å². The Balaban J connectivity index is 1.86. The highest BCUT2D eigenvalue weighted by Gasteiger charge is 2.20. The van der Waals surface area contributed by atoms with Crippen LogP contribution in [0.4, 0.5) is 13.2 Å². The predicted molar refractivity (Wildman–Crippen MR) is 119 cm³/mol. The van der Waals surface area contributed by atoms with Crippen LogP contribution in [0.3, 0.4) is 0 Å². The van der Waals surface area contributed by atoms with E-state index in [1.165, 1.54) is 32.5 Å². The second-order valence-corrected chi connectivity index (χ2v) is 7.82. The minimum absolute atomic E-state index is 0.0261. The summed E-state index contributed by atoms with van der Waals surface area (Å²) < 4.78 is 60.2. The number of pyridine rings is 1. The van der Waals surface area contributed by atoms with Crippen LogP contribution in [-0.4, -0.2) is 28.8 Å². The quantitative estimate of drug-likeness (QED) is 0.401. The summed E-state index contributed by atoms with van der Waals surface area (Å²) in [5, 5.41) is 0.0261. The van der Waals surface area contributed by atoms with E-state index in [9.17, 15) is 18.4 Å². The molecule has 0 bridgehead atoms. The van der Waals surface area contributed by atoms with E-state index in [0.717, 1.165) is 22.8 Å². The van der Waals surface area contributed by atoms with Gasteiger partial charge in [0.25, 0.3) is 5.56 Å². The molecule has 0 radical (unpaired) electrons. The second-order valence-electron chi connectivity index (χ2n) is 6.90. The lowest BCUT2D eigenvalue weighted by Gasteiger charge is -2.16. The Morgan fingerprint density at radius 1 is 1.00 bits per heavy atom. The Hall–Kier alpha value is -3.80. The number of fused-ring (bicyclic) bond motifs is 1. The number of benzene rings is 2. The van der Waals surface area contributed by atoms with Gasteiger partial charge in [0.15, 0.2) is 34.6 Å². The molecular weight excluding hydrogens is 523 g/mol. The molecule has 0 aliphatic rings. The van der Waals surface area contributed by atoms with Gasteiger partial charge in [0, 0.05) is 22.8 Å². The van der Waals surface area contributed by atoms with E-state index in [2.05, 4.69) is 25.9 Å². The number of rotatable bonds is 6. The molecular formula is C22H15BrF3N3O5. The van der Waals surface area contributed by atoms with Gasteiger partial charge in [0.2, 0.25) is 0 Å². The largest absolute Gasteiger partial charge is 0.496 e. The minimum Gasteiger partial charge on any atom is -0.496 e. The van der Waals surface area contributed by atoms with E-state index in [-0.39, 0.29) is 39.5 Å². The van der Waals surface area contributed by atoms with Crippen LogP contribution in [-0.2, 0) is 6.61 Å². The molecule has 0 aliphatic carbocycles. The summed E-state index contributed by atoms with van der Waals surface area (Å²) >= 11 is 3.20. The molecule has 4 aromatic rings. The number of nitrogens with one attached hydrogen (secondary N) is 1. The van der Waals surface area contributed by atoms with Crippen LogP contribution < -0.4 is 25.5 Å². The highest BCUT2D eigenvalue weighted by molar-refractivity contribution is 9.10. The molecule has 0 amide bonds. The van der Waals surface area contributed by atoms with Crippen LogP contribution in [0.15, 0.2) is 50.6 Å². The molecule has 0 aliphatic heterocycles. The Morgan fingerprint density at radius 3 is 2.44 bits per heavy atom. The Bertz CT molecular complexity index is 1540. The van der Waals surface area contributed by atoms with Crippen molar-refractivity contribution in [2.75, 3.05) is 14.2 Å². The third kappa shape index (κ3) is 4.12. The molecule has 4 rings (SSSR count). The smallest absolute Gasteiger partial charge is 0.334 e. The van der Waals surface area contributed by atoms with E-state index in [1.54, 1.807) is 0 Å². The first kappa shape index (κ1) is 23.4. The minimum atomic E-state index is -1.17. The average molecular weight is 538 g/mol. The molecule has 1 N–H and O–H groups in total. The average Bonchev–Trinajstić information content (AvgIpc) is 2.81. The lowest BCUT2D eigenvalue weighted by Crippen LogP contribution is -2.30. The number of halogens is 4. The first-order valence-electron chi connectivity index (χ1n) is 9.57. The lowest BCUT2D eigenvalue weighted by atomic mass is 10.2. The molecule has 34 heavy (non-hydrogen) atoms. The molecule has 0 fully saturated rings. The van der Waals surface area contributed by atoms with Crippen molar-refractivity contribution in [3.8, 4) is 22.9 Å². The molecule has 2 heterocycles. The fourth-order valence-corrected chi connectivity index (χ4v) is 3.67. The predicted octanol–water partition coefficient (Wildman–Crippen LogP) is 3.85. The van der Waals surface area contributed by atoms with Gasteiger partial charge in [-0.15, -0.1) is 0 Å². The highest BCUT2D eigenvalue weighted by atomic mass is 79.9. The molecule has 0 spiro atoms. The van der Waals surface area contributed by atoms with Crippen molar-refractivity contribution in [2.24, 2.45) is 0 Å². The van der Waals surface area contributed by atoms with Crippen LogP contribution in [0.25, 0.3) is 16.7 Å². The van der Waals surface area contributed by atoms with Crippen molar-refractivity contribution in [2.45, 2.75) is 6.61 Å². The summed E-state index contributed by atoms with van der Waals surface area (Å²) in [6, 6.07) is 5.65. The van der Waals surface area contributed by atoms with Crippen molar-refractivity contribution >= 4 is 27.0 Å². The summed E-state index contributed by atoms with van der Waals surface area (Å²) in [6.45, 7) is -0.499. The molecule has 2 aromatic heterocycles. The number of hydrogen-bond donors (Lipinski definition) is 1. The first-order valence-corrected chi connectivity index (χ1v) is 10.4. The van der Waals surface area contributed by atoms with Gasteiger partial charge < -0.3 is 14.2 Å². The normalized spacial score (nSPS) is 11.0. The summed E-state index contributed by atoms with van der Waals surface area (Å²) in [5.74, 6) is -3.29. The fourth-order valence-electron chi connectivity index (χ4n) is 3.34. The van der Waals surface area contributed by atoms with Gasteiger partial charge in [0.05, 0.1) is 30.9 Å². The lowest BCUT2D eigenvalue weighted by molar-refractivity contribution is 0.269. The van der Waals surface area contributed by atoms with Crippen molar-refractivity contribution in [1.29, 1.82) is 0 Å². The van der Waals surface area contributed by atoms with E-state index in [0.29, 0.717) is 4.47 Å². The number of aromatic nitrogens is 3. The molecule has 0 saturated carbocycles. The zero-order valence-electron chi connectivity index (χ0n) is 17.6. The van der Waals surface area contributed by atoms with Crippen LogP contribution in [0.1, 0.15) is 5.56 Å². The Labute approximate surface area is 197 Å². The van der Waals surface area contributed by atoms with E-state index in [4.69, 9.17) is 14.2 Å². The number of H-pyrrole nitrogens is 1. The zero-order valence-corrected chi connectivity index (χ0v) is 19.2. The monoisotopic (exact) mass is 537 g/mol. The maximum Gasteiger partial charge on any atom is 0.334 e. The van der Waals surface area contributed by atoms with Crippen LogP contribution in [0.5, 0.6) is 17.2 Å². The fraction of sp³-hybridized carbons (Fsp3) is 0.136. The molecule has 0 saturated heterocycles. The van der Waals surface area contributed by atoms with Gasteiger partial charge in [-0.2, -0.15) is 0 Å². The maximum atomic E-state index is 15.0. The number of hydrogen-bond acceptors (Lipinski definition) is 6. The number of nitrogens with zero attached hydrogens (tertiary/aromatic N) is 2. The number of methoxy groups -OCH3 is 2. The summed E-state index contributed by atoms with van der Waals surface area (Å²) in [6.07, 6.45) is 1.34. The van der Waals surface area contributed by atoms with Crippen molar-refractivity contribution < 1.29 is 27.4 Å². The SMILES string of the molecule is COc1cc(F)c(-n2c(=O)[nH]c(=O)c3cc(Br)cnc32)cc1OCc1c(OC)ccc(F)c1F. The zero-order chi connectivity index (χ0) is 24.6. The van der Waals surface area contributed by atoms with Gasteiger partial charge in [0.1, 0.15) is 12.4 Å². The third-order valence-electron chi connectivity index (χ3n) is 4.93. The van der Waals surface area contributed by atoms with Crippen molar-refractivity contribution in [1.82, 2.24) is 14.5 Å². The van der Waals surface area contributed by atoms with Crippen LogP contribution >= 0.6 is 15.9 Å². The highest BCUT2D eigenvalue weighted by Crippen LogP contribution is 2.34. The second kappa shape index (κ2) is 9.21. The summed E-state index contributed by atoms with van der Waals surface area (Å²) in [5.41, 5.74) is -2.29. The van der Waals surface area contributed by atoms with E-state index >= 15 is 4.39 Å². The molecule has 0 atom stereocenters. The van der Waals surface area contributed by atoms with Crippen molar-refractivity contribution in [3.05, 3.63) is 84.9 Å². The van der Waals surface area contributed by atoms with E-state index < -0.39 is 35.3 Å². The van der Waals surface area contributed by atoms with Crippen LogP contribution in [0.2, 0.25) is 0 Å². The Kier molecular flexibility index (Phi) is 6.33. The molecule has 176 valence electrons. The van der Waals surface area contributed by atoms with Crippen molar-refractivity contribution in [3.63, 3.8) is 0 Å². The van der Waals surface area contributed by atoms with Gasteiger partial charge in [-0.25, -0.2) is 27.5 Å². The summed E-state index contributed by atoms with van der Waals surface area (Å²) in [7, 11) is 2.54. The number of aromatic amines is 1. The molecule has 12 heteroatoms. The van der Waals surface area contributed by atoms with Gasteiger partial charge in [-0.3, -0.25) is 9.78 Å². The van der Waals surface area contributed by atoms with Gasteiger partial charge in [-0.1, -0.05) is 0 Å². The maximum absolute atomic E-state index is 15.0. The third-order valence-corrected chi connectivity index (χ3v) is 5.37. The summed E-state index contributed by atoms with van der Waals surface area (Å²) in [4.78, 5) is 31.0. The molecule has 2 aromatic carbocycles. The molecule has 8 nitrogen and oxygen atoms in total. The van der Waals surface area contributed by atoms with Gasteiger partial charge >= 0.3 is 5.69 Å². The van der Waals surface area contributed by atoms with Crippen LogP contribution in [0, 0.1) is 17.5 Å². The Morgan fingerprint density at radius 2 is 1.74 bits per heavy atom. The molecule has 0 unspecified atom stereocenters. The van der Waals surface area contributed by atoms with Gasteiger partial charge in [-0.05, 0) is 34.1 Å². The standard InChI is InChI=1S/C22H15BrF3N3O5/c1-32-16-4-3-13(24)19(26)12(16)9-34-18-7-15(14(25)6-17(18)33-2)29-20-11(5-10(23)8-27-20)21(30)28-22(29)31/h3-8H,9H2,1-2H3,(H,28,30,31).